The minimum atomic E-state index is -3.64. The van der Waals surface area contributed by atoms with Crippen LogP contribution in [0.5, 0.6) is 5.75 Å². The van der Waals surface area contributed by atoms with E-state index in [2.05, 4.69) is 41.2 Å². The highest BCUT2D eigenvalue weighted by Crippen LogP contribution is 2.32. The zero-order valence-electron chi connectivity index (χ0n) is 19.1. The van der Waals surface area contributed by atoms with E-state index in [1.54, 1.807) is 25.3 Å². The van der Waals surface area contributed by atoms with Crippen molar-refractivity contribution >= 4 is 37.5 Å². The molecule has 1 N–H and O–H groups in total. The fourth-order valence-electron chi connectivity index (χ4n) is 3.49. The minimum absolute atomic E-state index is 0.263. The van der Waals surface area contributed by atoms with E-state index in [0.29, 0.717) is 5.69 Å². The van der Waals surface area contributed by atoms with Crippen LogP contribution in [0.15, 0.2) is 34.8 Å². The topological polar surface area (TPSA) is 75.7 Å². The molecule has 31 heavy (non-hydrogen) atoms. The van der Waals surface area contributed by atoms with Crippen molar-refractivity contribution in [1.29, 1.82) is 0 Å². The number of hydrogen-bond acceptors (Lipinski definition) is 4. The summed E-state index contributed by atoms with van der Waals surface area (Å²) in [5.74, 6) is 0.710. The number of nitrogens with one attached hydrogen (secondary N) is 1. The Kier molecular flexibility index (Phi) is 8.16. The lowest BCUT2D eigenvalue weighted by Gasteiger charge is -2.25. The number of nitrogens with zero attached hydrogens (tertiary/aromatic N) is 1. The zero-order chi connectivity index (χ0) is 23.5. The van der Waals surface area contributed by atoms with Crippen LogP contribution >= 0.6 is 15.9 Å². The maximum absolute atomic E-state index is 12.8. The summed E-state index contributed by atoms with van der Waals surface area (Å²) < 4.78 is 32.3. The van der Waals surface area contributed by atoms with E-state index in [9.17, 15) is 13.2 Å². The van der Waals surface area contributed by atoms with Crippen molar-refractivity contribution in [2.24, 2.45) is 0 Å². The van der Waals surface area contributed by atoms with Crippen molar-refractivity contribution < 1.29 is 17.9 Å². The van der Waals surface area contributed by atoms with Gasteiger partial charge >= 0.3 is 0 Å². The Morgan fingerprint density at radius 2 is 1.74 bits per heavy atom. The van der Waals surface area contributed by atoms with Crippen LogP contribution in [-0.4, -0.2) is 34.2 Å². The van der Waals surface area contributed by atoms with Gasteiger partial charge in [0.15, 0.2) is 0 Å². The predicted octanol–water partition coefficient (Wildman–Crippen LogP) is 4.84. The lowest BCUT2D eigenvalue weighted by Crippen LogP contribution is -2.41. The average Bonchev–Trinajstić information content (AvgIpc) is 2.66. The molecule has 8 heteroatoms. The molecule has 0 bridgehead atoms. The number of benzene rings is 2. The summed E-state index contributed by atoms with van der Waals surface area (Å²) in [4.78, 5) is 12.8. The van der Waals surface area contributed by atoms with Gasteiger partial charge in [0.2, 0.25) is 15.9 Å². The monoisotopic (exact) mass is 510 g/mol. The van der Waals surface area contributed by atoms with Gasteiger partial charge in [0.05, 0.1) is 25.1 Å². The second-order valence-electron chi connectivity index (χ2n) is 8.10. The summed E-state index contributed by atoms with van der Waals surface area (Å²) in [5.41, 5.74) is 4.37. The molecule has 0 fully saturated rings. The van der Waals surface area contributed by atoms with Crippen LogP contribution in [-0.2, 0) is 14.8 Å². The molecule has 0 heterocycles. The molecule has 1 amide bonds. The van der Waals surface area contributed by atoms with E-state index in [0.717, 1.165) is 43.0 Å². The third-order valence-electron chi connectivity index (χ3n) is 5.20. The van der Waals surface area contributed by atoms with Crippen molar-refractivity contribution in [3.63, 3.8) is 0 Å². The van der Waals surface area contributed by atoms with Crippen LogP contribution in [0.1, 0.15) is 55.0 Å². The van der Waals surface area contributed by atoms with Gasteiger partial charge in [-0.15, -0.1) is 0 Å². The number of anilines is 1. The molecule has 0 saturated heterocycles. The normalized spacial score (nSPS) is 12.5. The Morgan fingerprint density at radius 3 is 2.26 bits per heavy atom. The molecule has 2 aromatic carbocycles. The number of aryl methyl sites for hydroxylation is 2. The highest BCUT2D eigenvalue weighted by molar-refractivity contribution is 9.10. The molecule has 0 aliphatic rings. The molecule has 170 valence electrons. The van der Waals surface area contributed by atoms with Gasteiger partial charge in [-0.05, 0) is 79.3 Å². The van der Waals surface area contributed by atoms with E-state index >= 15 is 0 Å². The van der Waals surface area contributed by atoms with E-state index < -0.39 is 10.0 Å². The molecule has 0 radical (unpaired) electrons. The van der Waals surface area contributed by atoms with Gasteiger partial charge in [-0.25, -0.2) is 8.42 Å². The van der Waals surface area contributed by atoms with Gasteiger partial charge in [0.1, 0.15) is 12.3 Å². The third kappa shape index (κ3) is 6.23. The molecule has 0 spiro atoms. The molecule has 0 aromatic heterocycles. The van der Waals surface area contributed by atoms with Crippen LogP contribution in [0.2, 0.25) is 0 Å². The standard InChI is InChI=1S/C23H31BrN2O4S/c1-14(2)19-12-20(15(3)11-22(19)30-6)17(5)25-23(27)13-26(31(7,28)29)18-8-9-21(24)16(4)10-18/h8-12,14,17H,13H2,1-7H3,(H,25,27)/t17-/m0/s1. The maximum Gasteiger partial charge on any atom is 0.241 e. The first-order chi connectivity index (χ1) is 14.3. The Morgan fingerprint density at radius 1 is 1.10 bits per heavy atom. The van der Waals surface area contributed by atoms with E-state index in [-0.39, 0.29) is 24.4 Å². The predicted molar refractivity (Wildman–Crippen MR) is 129 cm³/mol. The number of halogens is 1. The molecule has 6 nitrogen and oxygen atoms in total. The van der Waals surface area contributed by atoms with Gasteiger partial charge in [-0.1, -0.05) is 29.8 Å². The van der Waals surface area contributed by atoms with Crippen molar-refractivity contribution in [1.82, 2.24) is 5.32 Å². The Balaban J connectivity index is 2.27. The average molecular weight is 511 g/mol. The molecule has 2 rings (SSSR count). The molecule has 0 unspecified atom stereocenters. The van der Waals surface area contributed by atoms with E-state index in [1.165, 1.54) is 0 Å². The minimum Gasteiger partial charge on any atom is -0.496 e. The number of methoxy groups -OCH3 is 1. The first kappa shape index (κ1) is 25.2. The third-order valence-corrected chi connectivity index (χ3v) is 7.23. The van der Waals surface area contributed by atoms with Crippen LogP contribution in [0.3, 0.4) is 0 Å². The number of sulfonamides is 1. The molecular formula is C23H31BrN2O4S. The van der Waals surface area contributed by atoms with Crippen LogP contribution < -0.4 is 14.4 Å². The van der Waals surface area contributed by atoms with Crippen molar-refractivity contribution in [3.8, 4) is 5.75 Å². The fraction of sp³-hybridized carbons (Fsp3) is 0.435. The fourth-order valence-corrected chi connectivity index (χ4v) is 4.58. The van der Waals surface area contributed by atoms with Crippen LogP contribution in [0, 0.1) is 13.8 Å². The molecular weight excluding hydrogens is 480 g/mol. The molecule has 0 saturated carbocycles. The quantitative estimate of drug-likeness (QED) is 0.551. The largest absolute Gasteiger partial charge is 0.496 e. The number of ether oxygens (including phenoxy) is 1. The molecule has 2 aromatic rings. The molecule has 1 atom stereocenters. The Bertz CT molecular complexity index is 1070. The second kappa shape index (κ2) is 10.0. The van der Waals surface area contributed by atoms with Crippen molar-refractivity contribution in [2.45, 2.75) is 46.6 Å². The maximum atomic E-state index is 12.8. The van der Waals surface area contributed by atoms with Gasteiger partial charge in [-0.3, -0.25) is 9.10 Å². The summed E-state index contributed by atoms with van der Waals surface area (Å²) in [6, 6.07) is 8.93. The van der Waals surface area contributed by atoms with Crippen LogP contribution in [0.4, 0.5) is 5.69 Å². The summed E-state index contributed by atoms with van der Waals surface area (Å²) in [5, 5.41) is 2.94. The lowest BCUT2D eigenvalue weighted by molar-refractivity contribution is -0.120. The van der Waals surface area contributed by atoms with Gasteiger partial charge in [0, 0.05) is 4.47 Å². The number of rotatable bonds is 8. The van der Waals surface area contributed by atoms with Crippen molar-refractivity contribution in [3.05, 3.63) is 57.1 Å². The highest BCUT2D eigenvalue weighted by atomic mass is 79.9. The second-order valence-corrected chi connectivity index (χ2v) is 10.9. The summed E-state index contributed by atoms with van der Waals surface area (Å²) in [6.07, 6.45) is 1.10. The SMILES string of the molecule is COc1cc(C)c([C@H](C)NC(=O)CN(c2ccc(Br)c(C)c2)S(C)(=O)=O)cc1C(C)C. The number of carbonyl (C=O) groups excluding carboxylic acids is 1. The molecule has 0 aliphatic carbocycles. The summed E-state index contributed by atoms with van der Waals surface area (Å²) >= 11 is 3.42. The summed E-state index contributed by atoms with van der Waals surface area (Å²) in [6.45, 7) is 9.61. The number of amides is 1. The first-order valence-electron chi connectivity index (χ1n) is 10.1. The molecule has 0 aliphatic heterocycles. The smallest absolute Gasteiger partial charge is 0.241 e. The lowest BCUT2D eigenvalue weighted by atomic mass is 9.93. The van der Waals surface area contributed by atoms with Gasteiger partial charge in [0.25, 0.3) is 0 Å². The van der Waals surface area contributed by atoms with Crippen LogP contribution in [0.25, 0.3) is 0 Å². The first-order valence-corrected chi connectivity index (χ1v) is 12.7. The van der Waals surface area contributed by atoms with E-state index in [4.69, 9.17) is 4.74 Å². The van der Waals surface area contributed by atoms with Gasteiger partial charge < -0.3 is 10.1 Å². The Labute approximate surface area is 194 Å². The van der Waals surface area contributed by atoms with Crippen molar-refractivity contribution in [2.75, 3.05) is 24.2 Å². The summed E-state index contributed by atoms with van der Waals surface area (Å²) in [7, 11) is -1.99. The highest BCUT2D eigenvalue weighted by Gasteiger charge is 2.23. The van der Waals surface area contributed by atoms with Gasteiger partial charge in [-0.2, -0.15) is 0 Å². The van der Waals surface area contributed by atoms with E-state index in [1.807, 2.05) is 26.8 Å². The number of carbonyl (C=O) groups is 1. The Hall–Kier alpha value is -2.06. The number of hydrogen-bond donors (Lipinski definition) is 1. The zero-order valence-corrected chi connectivity index (χ0v) is 21.5.